The quantitative estimate of drug-likeness (QED) is 0.583. The SMILES string of the molecule is ClCC(Cc1ccc(Cl)c(Cl)c1)c1ccc(Cl)cc1. The first-order valence-electron chi connectivity index (χ1n) is 5.85. The van der Waals surface area contributed by atoms with Gasteiger partial charge in [0.2, 0.25) is 0 Å². The molecule has 0 aliphatic rings. The normalized spacial score (nSPS) is 12.4. The van der Waals surface area contributed by atoms with E-state index >= 15 is 0 Å². The highest BCUT2D eigenvalue weighted by Gasteiger charge is 2.12. The van der Waals surface area contributed by atoms with Gasteiger partial charge in [-0.25, -0.2) is 0 Å². The van der Waals surface area contributed by atoms with Gasteiger partial charge in [0.25, 0.3) is 0 Å². The van der Waals surface area contributed by atoms with Crippen molar-refractivity contribution in [2.45, 2.75) is 12.3 Å². The lowest BCUT2D eigenvalue weighted by molar-refractivity contribution is 0.766. The molecule has 0 radical (unpaired) electrons. The summed E-state index contributed by atoms with van der Waals surface area (Å²) in [5.41, 5.74) is 2.29. The molecule has 4 heteroatoms. The number of halogens is 4. The molecule has 1 unspecified atom stereocenters. The molecule has 0 heterocycles. The first kappa shape index (κ1) is 15.0. The number of hydrogen-bond donors (Lipinski definition) is 0. The van der Waals surface area contributed by atoms with Crippen molar-refractivity contribution in [3.8, 4) is 0 Å². The van der Waals surface area contributed by atoms with Gasteiger partial charge in [-0.05, 0) is 41.8 Å². The first-order chi connectivity index (χ1) is 9.10. The molecule has 0 N–H and O–H groups in total. The van der Waals surface area contributed by atoms with Crippen LogP contribution in [0.15, 0.2) is 42.5 Å². The Labute approximate surface area is 133 Å². The lowest BCUT2D eigenvalue weighted by Gasteiger charge is -2.15. The second-order valence-electron chi connectivity index (χ2n) is 4.36. The summed E-state index contributed by atoms with van der Waals surface area (Å²) >= 11 is 23.9. The Balaban J connectivity index is 2.18. The fraction of sp³-hybridized carbons (Fsp3) is 0.200. The van der Waals surface area contributed by atoms with Crippen LogP contribution >= 0.6 is 46.4 Å². The van der Waals surface area contributed by atoms with Crippen molar-refractivity contribution in [1.29, 1.82) is 0 Å². The van der Waals surface area contributed by atoms with Gasteiger partial charge < -0.3 is 0 Å². The minimum absolute atomic E-state index is 0.233. The number of rotatable bonds is 4. The van der Waals surface area contributed by atoms with Crippen molar-refractivity contribution >= 4 is 46.4 Å². The summed E-state index contributed by atoms with van der Waals surface area (Å²) < 4.78 is 0. The first-order valence-corrected chi connectivity index (χ1v) is 7.52. The molecule has 2 rings (SSSR count). The van der Waals surface area contributed by atoms with E-state index < -0.39 is 0 Å². The Morgan fingerprint density at radius 2 is 1.53 bits per heavy atom. The maximum absolute atomic E-state index is 6.07. The van der Waals surface area contributed by atoms with Gasteiger partial charge in [-0.3, -0.25) is 0 Å². The molecule has 1 atom stereocenters. The fourth-order valence-corrected chi connectivity index (χ4v) is 2.68. The van der Waals surface area contributed by atoms with E-state index in [0.29, 0.717) is 15.9 Å². The molecule has 0 bridgehead atoms. The molecule has 0 fully saturated rings. The lowest BCUT2D eigenvalue weighted by Crippen LogP contribution is -2.04. The maximum atomic E-state index is 6.07. The van der Waals surface area contributed by atoms with Gasteiger partial charge >= 0.3 is 0 Å². The summed E-state index contributed by atoms with van der Waals surface area (Å²) in [5.74, 6) is 0.776. The average molecular weight is 334 g/mol. The van der Waals surface area contributed by atoms with Crippen LogP contribution in [0.1, 0.15) is 17.0 Å². The highest BCUT2D eigenvalue weighted by atomic mass is 35.5. The van der Waals surface area contributed by atoms with Crippen molar-refractivity contribution in [2.75, 3.05) is 5.88 Å². The molecule has 0 amide bonds. The second kappa shape index (κ2) is 6.85. The third kappa shape index (κ3) is 4.03. The minimum Gasteiger partial charge on any atom is -0.126 e. The van der Waals surface area contributed by atoms with Crippen molar-refractivity contribution in [3.05, 3.63) is 68.7 Å². The third-order valence-electron chi connectivity index (χ3n) is 2.99. The van der Waals surface area contributed by atoms with E-state index in [1.165, 1.54) is 5.56 Å². The molecular weight excluding hydrogens is 322 g/mol. The van der Waals surface area contributed by atoms with Crippen LogP contribution in [0.25, 0.3) is 0 Å². The van der Waals surface area contributed by atoms with Gasteiger partial charge in [0.1, 0.15) is 0 Å². The van der Waals surface area contributed by atoms with Crippen molar-refractivity contribution in [1.82, 2.24) is 0 Å². The zero-order valence-corrected chi connectivity index (χ0v) is 13.1. The van der Waals surface area contributed by atoms with E-state index in [-0.39, 0.29) is 5.92 Å². The smallest absolute Gasteiger partial charge is 0.0595 e. The molecule has 0 nitrogen and oxygen atoms in total. The Kier molecular flexibility index (Phi) is 5.41. The predicted octanol–water partition coefficient (Wildman–Crippen LogP) is 6.21. The summed E-state index contributed by atoms with van der Waals surface area (Å²) in [6.45, 7) is 0. The van der Waals surface area contributed by atoms with Crippen LogP contribution in [-0.4, -0.2) is 5.88 Å². The van der Waals surface area contributed by atoms with E-state index in [4.69, 9.17) is 46.4 Å². The Morgan fingerprint density at radius 1 is 0.842 bits per heavy atom. The molecule has 0 saturated carbocycles. The van der Waals surface area contributed by atoms with Crippen LogP contribution < -0.4 is 0 Å². The number of hydrogen-bond acceptors (Lipinski definition) is 0. The zero-order valence-electron chi connectivity index (χ0n) is 10.0. The van der Waals surface area contributed by atoms with Gasteiger partial charge in [-0.2, -0.15) is 0 Å². The molecule has 0 aliphatic heterocycles. The van der Waals surface area contributed by atoms with Gasteiger partial charge in [-0.15, -0.1) is 11.6 Å². The van der Waals surface area contributed by atoms with E-state index in [1.54, 1.807) is 0 Å². The minimum atomic E-state index is 0.233. The van der Waals surface area contributed by atoms with Crippen LogP contribution in [0.2, 0.25) is 15.1 Å². The van der Waals surface area contributed by atoms with Crippen LogP contribution in [0.5, 0.6) is 0 Å². The monoisotopic (exact) mass is 332 g/mol. The number of alkyl halides is 1. The average Bonchev–Trinajstić information content (AvgIpc) is 2.41. The maximum Gasteiger partial charge on any atom is 0.0595 e. The molecule has 2 aromatic rings. The van der Waals surface area contributed by atoms with Crippen molar-refractivity contribution < 1.29 is 0 Å². The van der Waals surface area contributed by atoms with E-state index in [2.05, 4.69) is 0 Å². The highest BCUT2D eigenvalue weighted by molar-refractivity contribution is 6.42. The summed E-state index contributed by atoms with van der Waals surface area (Å²) in [4.78, 5) is 0. The van der Waals surface area contributed by atoms with Crippen molar-refractivity contribution in [2.24, 2.45) is 0 Å². The standard InChI is InChI=1S/C15H12Cl4/c16-9-12(11-2-4-13(17)5-3-11)7-10-1-6-14(18)15(19)8-10/h1-6,8,12H,7,9H2. The Morgan fingerprint density at radius 3 is 2.11 bits per heavy atom. The van der Waals surface area contributed by atoms with Crippen LogP contribution in [0.3, 0.4) is 0 Å². The molecule has 0 aliphatic carbocycles. The third-order valence-corrected chi connectivity index (χ3v) is 4.36. The summed E-state index contributed by atoms with van der Waals surface area (Å²) in [6.07, 6.45) is 0.821. The van der Waals surface area contributed by atoms with E-state index in [0.717, 1.165) is 17.0 Å². The van der Waals surface area contributed by atoms with E-state index in [1.807, 2.05) is 42.5 Å². The largest absolute Gasteiger partial charge is 0.126 e. The predicted molar refractivity (Wildman–Crippen MR) is 85.1 cm³/mol. The van der Waals surface area contributed by atoms with Crippen LogP contribution in [-0.2, 0) is 6.42 Å². The molecule has 0 saturated heterocycles. The Bertz CT molecular complexity index is 549. The topological polar surface area (TPSA) is 0 Å². The zero-order chi connectivity index (χ0) is 13.8. The highest BCUT2D eigenvalue weighted by Crippen LogP contribution is 2.28. The summed E-state index contributed by atoms with van der Waals surface area (Å²) in [5, 5.41) is 1.87. The van der Waals surface area contributed by atoms with Gasteiger partial charge in [-0.1, -0.05) is 53.0 Å². The van der Waals surface area contributed by atoms with Gasteiger partial charge in [0.15, 0.2) is 0 Å². The molecule has 0 spiro atoms. The molecule has 0 aromatic heterocycles. The summed E-state index contributed by atoms with van der Waals surface area (Å²) in [7, 11) is 0. The molecule has 19 heavy (non-hydrogen) atoms. The van der Waals surface area contributed by atoms with E-state index in [9.17, 15) is 0 Å². The van der Waals surface area contributed by atoms with Gasteiger partial charge in [0.05, 0.1) is 10.0 Å². The Hall–Kier alpha value is -0.400. The molecule has 2 aromatic carbocycles. The fourth-order valence-electron chi connectivity index (χ4n) is 1.95. The second-order valence-corrected chi connectivity index (χ2v) is 5.91. The molecular formula is C15H12Cl4. The van der Waals surface area contributed by atoms with Crippen LogP contribution in [0.4, 0.5) is 0 Å². The number of benzene rings is 2. The van der Waals surface area contributed by atoms with Crippen LogP contribution in [0, 0.1) is 0 Å². The van der Waals surface area contributed by atoms with Gasteiger partial charge in [0, 0.05) is 16.8 Å². The lowest BCUT2D eigenvalue weighted by atomic mass is 9.94. The summed E-state index contributed by atoms with van der Waals surface area (Å²) in [6, 6.07) is 13.5. The van der Waals surface area contributed by atoms with Crippen molar-refractivity contribution in [3.63, 3.8) is 0 Å². The molecule has 100 valence electrons.